The number of nitrogens with one attached hydrogen (secondary N) is 1. The Morgan fingerprint density at radius 3 is 3.07 bits per heavy atom. The number of aromatic nitrogens is 1. The second kappa shape index (κ2) is 6.19. The molecule has 0 aliphatic heterocycles. The molecule has 0 saturated heterocycles. The Bertz CT molecular complexity index is 330. The van der Waals surface area contributed by atoms with Crippen LogP contribution in [0.4, 0.5) is 0 Å². The van der Waals surface area contributed by atoms with Crippen LogP contribution in [0.2, 0.25) is 0 Å². The largest absolute Gasteiger partial charge is 0.383 e. The van der Waals surface area contributed by atoms with E-state index in [1.807, 2.05) is 6.92 Å². The average molecular weight is 293 g/mol. The molecule has 1 amide bonds. The second-order valence-corrected chi connectivity index (χ2v) is 5.18. The standard InChI is InChI=1S/C9H13BrN2O2S/c1-6-8(15-5-12-6)9(13)11-3-7(10)4-14-2/h5,7H,3-4H2,1-2H3,(H,11,13). The predicted molar refractivity (Wildman–Crippen MR) is 63.8 cm³/mol. The number of nitrogens with zero attached hydrogens (tertiary/aromatic N) is 1. The Balaban J connectivity index is 2.40. The maximum absolute atomic E-state index is 11.6. The van der Waals surface area contributed by atoms with Crippen molar-refractivity contribution in [3.8, 4) is 0 Å². The van der Waals surface area contributed by atoms with Crippen molar-refractivity contribution < 1.29 is 9.53 Å². The molecule has 0 spiro atoms. The average Bonchev–Trinajstić information content (AvgIpc) is 2.61. The topological polar surface area (TPSA) is 51.2 Å². The lowest BCUT2D eigenvalue weighted by Gasteiger charge is -2.09. The minimum atomic E-state index is -0.0736. The third-order valence-corrected chi connectivity index (χ3v) is 3.30. The van der Waals surface area contributed by atoms with Crippen LogP contribution in [0.5, 0.6) is 0 Å². The molecule has 0 radical (unpaired) electrons. The zero-order valence-corrected chi connectivity index (χ0v) is 11.0. The molecule has 1 rings (SSSR count). The maximum atomic E-state index is 11.6. The van der Waals surface area contributed by atoms with E-state index >= 15 is 0 Å². The van der Waals surface area contributed by atoms with Gasteiger partial charge in [0.15, 0.2) is 0 Å². The number of aryl methyl sites for hydroxylation is 1. The summed E-state index contributed by atoms with van der Waals surface area (Å²) in [6.45, 7) is 2.94. The number of hydrogen-bond donors (Lipinski definition) is 1. The van der Waals surface area contributed by atoms with Gasteiger partial charge in [-0.15, -0.1) is 11.3 Å². The molecule has 0 bridgehead atoms. The van der Waals surface area contributed by atoms with Crippen LogP contribution in [0.3, 0.4) is 0 Å². The van der Waals surface area contributed by atoms with E-state index in [9.17, 15) is 4.79 Å². The smallest absolute Gasteiger partial charge is 0.263 e. The lowest BCUT2D eigenvalue weighted by molar-refractivity contribution is 0.0953. The number of rotatable bonds is 5. The number of hydrogen-bond acceptors (Lipinski definition) is 4. The van der Waals surface area contributed by atoms with E-state index in [1.54, 1.807) is 12.6 Å². The van der Waals surface area contributed by atoms with Crippen LogP contribution in [0.1, 0.15) is 15.4 Å². The van der Waals surface area contributed by atoms with Crippen molar-refractivity contribution in [1.82, 2.24) is 10.3 Å². The lowest BCUT2D eigenvalue weighted by Crippen LogP contribution is -2.31. The summed E-state index contributed by atoms with van der Waals surface area (Å²) in [5.41, 5.74) is 2.45. The highest BCUT2D eigenvalue weighted by molar-refractivity contribution is 9.09. The zero-order chi connectivity index (χ0) is 11.3. The van der Waals surface area contributed by atoms with Crippen LogP contribution in [0.25, 0.3) is 0 Å². The molecule has 15 heavy (non-hydrogen) atoms. The van der Waals surface area contributed by atoms with Gasteiger partial charge in [0.25, 0.3) is 5.91 Å². The first-order chi connectivity index (χ1) is 7.15. The van der Waals surface area contributed by atoms with Gasteiger partial charge >= 0.3 is 0 Å². The van der Waals surface area contributed by atoms with Gasteiger partial charge in [-0.05, 0) is 6.92 Å². The van der Waals surface area contributed by atoms with E-state index in [-0.39, 0.29) is 10.7 Å². The van der Waals surface area contributed by atoms with Gasteiger partial charge < -0.3 is 10.1 Å². The summed E-state index contributed by atoms with van der Waals surface area (Å²) >= 11 is 4.75. The fourth-order valence-corrected chi connectivity index (χ4v) is 2.19. The highest BCUT2D eigenvalue weighted by Crippen LogP contribution is 2.11. The number of carbonyl (C=O) groups is 1. The van der Waals surface area contributed by atoms with Crippen molar-refractivity contribution in [2.24, 2.45) is 0 Å². The number of thiazole rings is 1. The number of carbonyl (C=O) groups excluding carboxylic acids is 1. The summed E-state index contributed by atoms with van der Waals surface area (Å²) in [7, 11) is 1.63. The normalized spacial score (nSPS) is 12.5. The van der Waals surface area contributed by atoms with Gasteiger partial charge in [-0.25, -0.2) is 4.98 Å². The van der Waals surface area contributed by atoms with Crippen LogP contribution in [-0.4, -0.2) is 36.0 Å². The molecule has 0 fully saturated rings. The van der Waals surface area contributed by atoms with Crippen LogP contribution >= 0.6 is 27.3 Å². The summed E-state index contributed by atoms with van der Waals surface area (Å²) in [4.78, 5) is 16.5. The second-order valence-electron chi connectivity index (χ2n) is 3.03. The lowest BCUT2D eigenvalue weighted by atomic mass is 10.3. The Kier molecular flexibility index (Phi) is 5.21. The summed E-state index contributed by atoms with van der Waals surface area (Å²) < 4.78 is 4.94. The van der Waals surface area contributed by atoms with Crippen molar-refractivity contribution in [3.05, 3.63) is 16.1 Å². The molecule has 1 N–H and O–H groups in total. The first kappa shape index (κ1) is 12.6. The van der Waals surface area contributed by atoms with E-state index in [0.29, 0.717) is 18.0 Å². The van der Waals surface area contributed by atoms with Gasteiger partial charge in [0, 0.05) is 13.7 Å². The number of halogens is 1. The van der Waals surface area contributed by atoms with Crippen LogP contribution in [-0.2, 0) is 4.74 Å². The molecule has 0 aromatic carbocycles. The number of amides is 1. The first-order valence-corrected chi connectivity index (χ1v) is 6.26. The van der Waals surface area contributed by atoms with E-state index in [1.165, 1.54) is 11.3 Å². The van der Waals surface area contributed by atoms with Gasteiger partial charge in [-0.1, -0.05) is 15.9 Å². The molecular weight excluding hydrogens is 280 g/mol. The van der Waals surface area contributed by atoms with Crippen molar-refractivity contribution in [2.75, 3.05) is 20.3 Å². The van der Waals surface area contributed by atoms with Gasteiger partial charge in [-0.2, -0.15) is 0 Å². The van der Waals surface area contributed by atoms with Gasteiger partial charge in [0.1, 0.15) is 4.88 Å². The molecule has 1 heterocycles. The fraction of sp³-hybridized carbons (Fsp3) is 0.556. The maximum Gasteiger partial charge on any atom is 0.263 e. The molecule has 1 unspecified atom stereocenters. The third kappa shape index (κ3) is 3.89. The molecule has 84 valence electrons. The zero-order valence-electron chi connectivity index (χ0n) is 8.62. The molecule has 0 aliphatic carbocycles. The predicted octanol–water partition coefficient (Wildman–Crippen LogP) is 1.59. The number of methoxy groups -OCH3 is 1. The van der Waals surface area contributed by atoms with Crippen molar-refractivity contribution in [3.63, 3.8) is 0 Å². The molecular formula is C9H13BrN2O2S. The van der Waals surface area contributed by atoms with E-state index in [4.69, 9.17) is 4.74 Å². The summed E-state index contributed by atoms with van der Waals surface area (Å²) in [5, 5.41) is 2.82. The SMILES string of the molecule is COCC(Br)CNC(=O)c1scnc1C. The quantitative estimate of drug-likeness (QED) is 0.839. The van der Waals surface area contributed by atoms with Gasteiger partial charge in [0.05, 0.1) is 22.6 Å². The van der Waals surface area contributed by atoms with E-state index in [2.05, 4.69) is 26.2 Å². The van der Waals surface area contributed by atoms with Crippen molar-refractivity contribution in [1.29, 1.82) is 0 Å². The van der Waals surface area contributed by atoms with E-state index in [0.717, 1.165) is 5.69 Å². The molecule has 4 nitrogen and oxygen atoms in total. The summed E-state index contributed by atoms with van der Waals surface area (Å²) in [5.74, 6) is -0.0736. The highest BCUT2D eigenvalue weighted by Gasteiger charge is 2.12. The molecule has 1 atom stereocenters. The molecule has 6 heteroatoms. The third-order valence-electron chi connectivity index (χ3n) is 1.78. The minimum absolute atomic E-state index is 0.0736. The monoisotopic (exact) mass is 292 g/mol. The Morgan fingerprint density at radius 1 is 1.80 bits per heavy atom. The Labute approximate surface area is 101 Å². The molecule has 0 saturated carbocycles. The Morgan fingerprint density at radius 2 is 2.53 bits per heavy atom. The van der Waals surface area contributed by atoms with E-state index < -0.39 is 0 Å². The summed E-state index contributed by atoms with van der Waals surface area (Å²) in [6.07, 6.45) is 0. The number of ether oxygens (including phenoxy) is 1. The molecule has 0 aliphatic rings. The van der Waals surface area contributed by atoms with Crippen LogP contribution in [0.15, 0.2) is 5.51 Å². The van der Waals surface area contributed by atoms with Gasteiger partial charge in [0.2, 0.25) is 0 Å². The van der Waals surface area contributed by atoms with Crippen molar-refractivity contribution >= 4 is 33.2 Å². The van der Waals surface area contributed by atoms with Crippen LogP contribution < -0.4 is 5.32 Å². The summed E-state index contributed by atoms with van der Waals surface area (Å²) in [6, 6.07) is 0. The highest BCUT2D eigenvalue weighted by atomic mass is 79.9. The molecule has 1 aromatic rings. The first-order valence-electron chi connectivity index (χ1n) is 4.46. The van der Waals surface area contributed by atoms with Gasteiger partial charge in [-0.3, -0.25) is 4.79 Å². The minimum Gasteiger partial charge on any atom is -0.383 e. The van der Waals surface area contributed by atoms with Crippen molar-refractivity contribution in [2.45, 2.75) is 11.8 Å². The fourth-order valence-electron chi connectivity index (χ4n) is 1.04. The molecule has 1 aromatic heterocycles. The number of alkyl halides is 1. The van der Waals surface area contributed by atoms with Crippen LogP contribution in [0, 0.1) is 6.92 Å². The Hall–Kier alpha value is -0.460.